The normalized spacial score (nSPS) is 19.7. The smallest absolute Gasteiger partial charge is 0.223 e. The maximum Gasteiger partial charge on any atom is 0.223 e. The van der Waals surface area contributed by atoms with Crippen molar-refractivity contribution in [1.29, 1.82) is 0 Å². The summed E-state index contributed by atoms with van der Waals surface area (Å²) in [5.74, 6) is -0.540. The molecule has 48 valence electrons. The second kappa shape index (κ2) is 1.99. The fourth-order valence-electron chi connectivity index (χ4n) is 0.642. The van der Waals surface area contributed by atoms with Crippen LogP contribution in [0.15, 0.2) is 22.4 Å². The van der Waals surface area contributed by atoms with Crippen molar-refractivity contribution >= 4 is 21.7 Å². The summed E-state index contributed by atoms with van der Waals surface area (Å²) in [6, 6.07) is 0. The van der Waals surface area contributed by atoms with Gasteiger partial charge in [-0.1, -0.05) is 22.5 Å². The number of rotatable bonds is 0. The van der Waals surface area contributed by atoms with Crippen molar-refractivity contribution in [3.63, 3.8) is 0 Å². The summed E-state index contributed by atoms with van der Waals surface area (Å²) in [5, 5.41) is 8.86. The molecule has 0 spiro atoms. The SMILES string of the molecule is C=C1CC(Br)=C(O)C1=O. The van der Waals surface area contributed by atoms with Crippen LogP contribution in [0.3, 0.4) is 0 Å². The van der Waals surface area contributed by atoms with Gasteiger partial charge in [-0.15, -0.1) is 0 Å². The first-order valence-corrected chi connectivity index (χ1v) is 3.22. The van der Waals surface area contributed by atoms with Gasteiger partial charge in [0.05, 0.1) is 0 Å². The molecule has 0 radical (unpaired) electrons. The predicted molar refractivity (Wildman–Crippen MR) is 37.3 cm³/mol. The van der Waals surface area contributed by atoms with Crippen molar-refractivity contribution < 1.29 is 9.90 Å². The van der Waals surface area contributed by atoms with Gasteiger partial charge in [0.25, 0.3) is 0 Å². The molecule has 3 heteroatoms. The number of aliphatic hydroxyl groups excluding tert-OH is 1. The Morgan fingerprint density at radius 3 is 2.33 bits per heavy atom. The van der Waals surface area contributed by atoms with Crippen LogP contribution < -0.4 is 0 Å². The number of aliphatic hydroxyl groups is 1. The van der Waals surface area contributed by atoms with Gasteiger partial charge in [0.2, 0.25) is 5.78 Å². The minimum absolute atomic E-state index is 0.194. The first-order valence-electron chi connectivity index (χ1n) is 2.43. The molecule has 0 bridgehead atoms. The lowest BCUT2D eigenvalue weighted by Gasteiger charge is -1.85. The lowest BCUT2D eigenvalue weighted by molar-refractivity contribution is -0.114. The van der Waals surface area contributed by atoms with E-state index >= 15 is 0 Å². The fourth-order valence-corrected chi connectivity index (χ4v) is 1.16. The first-order chi connectivity index (χ1) is 4.13. The maximum absolute atomic E-state index is 10.7. The van der Waals surface area contributed by atoms with Crippen LogP contribution in [0, 0.1) is 0 Å². The predicted octanol–water partition coefficient (Wildman–Crippen LogP) is 1.68. The first kappa shape index (κ1) is 6.55. The highest BCUT2D eigenvalue weighted by Crippen LogP contribution is 2.28. The number of hydrogen-bond acceptors (Lipinski definition) is 2. The van der Waals surface area contributed by atoms with Gasteiger partial charge in [-0.2, -0.15) is 0 Å². The van der Waals surface area contributed by atoms with Crippen LogP contribution >= 0.6 is 15.9 Å². The lowest BCUT2D eigenvalue weighted by Crippen LogP contribution is -1.95. The van der Waals surface area contributed by atoms with Crippen LogP contribution in [0.5, 0.6) is 0 Å². The molecule has 1 rings (SSSR count). The van der Waals surface area contributed by atoms with E-state index in [4.69, 9.17) is 5.11 Å². The number of halogens is 1. The van der Waals surface area contributed by atoms with Crippen molar-refractivity contribution in [2.45, 2.75) is 6.42 Å². The molecule has 0 amide bonds. The van der Waals surface area contributed by atoms with E-state index in [1.54, 1.807) is 0 Å². The summed E-state index contributed by atoms with van der Waals surface area (Å²) >= 11 is 3.03. The van der Waals surface area contributed by atoms with E-state index in [-0.39, 0.29) is 11.5 Å². The molecule has 0 aromatic heterocycles. The van der Waals surface area contributed by atoms with Crippen molar-refractivity contribution in [1.82, 2.24) is 0 Å². The second-order valence-corrected chi connectivity index (χ2v) is 2.82. The topological polar surface area (TPSA) is 37.3 Å². The number of carbonyl (C=O) groups excluding carboxylic acids is 1. The van der Waals surface area contributed by atoms with Crippen molar-refractivity contribution in [2.24, 2.45) is 0 Å². The molecule has 1 N–H and O–H groups in total. The molecule has 2 nitrogen and oxygen atoms in total. The number of ketones is 1. The molecule has 0 aromatic carbocycles. The minimum Gasteiger partial charge on any atom is -0.504 e. The third kappa shape index (κ3) is 0.920. The third-order valence-corrected chi connectivity index (χ3v) is 1.82. The molecular weight excluding hydrogens is 184 g/mol. The second-order valence-electron chi connectivity index (χ2n) is 1.86. The van der Waals surface area contributed by atoms with Crippen LogP contribution in [0.2, 0.25) is 0 Å². The Balaban J connectivity index is 3.01. The van der Waals surface area contributed by atoms with E-state index < -0.39 is 0 Å². The Morgan fingerprint density at radius 2 is 2.22 bits per heavy atom. The highest BCUT2D eigenvalue weighted by Gasteiger charge is 2.23. The van der Waals surface area contributed by atoms with Gasteiger partial charge in [0, 0.05) is 16.5 Å². The highest BCUT2D eigenvalue weighted by molar-refractivity contribution is 9.11. The van der Waals surface area contributed by atoms with Crippen molar-refractivity contribution in [3.05, 3.63) is 22.4 Å². The van der Waals surface area contributed by atoms with E-state index in [0.29, 0.717) is 16.5 Å². The van der Waals surface area contributed by atoms with E-state index in [1.165, 1.54) is 0 Å². The third-order valence-electron chi connectivity index (χ3n) is 1.16. The molecule has 9 heavy (non-hydrogen) atoms. The average molecular weight is 189 g/mol. The molecule has 0 atom stereocenters. The van der Waals surface area contributed by atoms with Crippen LogP contribution in [0.4, 0.5) is 0 Å². The number of allylic oxidation sites excluding steroid dienone is 2. The van der Waals surface area contributed by atoms with E-state index in [2.05, 4.69) is 22.5 Å². The quantitative estimate of drug-likeness (QED) is 0.588. The zero-order chi connectivity index (χ0) is 7.02. The number of Topliss-reactive ketones (excluding diaryl/α,β-unsaturated/α-hetero) is 1. The molecular formula is C6H5BrO2. The van der Waals surface area contributed by atoms with Crippen LogP contribution in [-0.4, -0.2) is 10.9 Å². The van der Waals surface area contributed by atoms with Gasteiger partial charge in [-0.3, -0.25) is 4.79 Å². The van der Waals surface area contributed by atoms with Gasteiger partial charge in [0.15, 0.2) is 5.76 Å². The van der Waals surface area contributed by atoms with E-state index in [9.17, 15) is 4.79 Å². The lowest BCUT2D eigenvalue weighted by atomic mass is 10.2. The molecule has 0 fully saturated rings. The summed E-state index contributed by atoms with van der Waals surface area (Å²) in [4.78, 5) is 10.7. The molecule has 0 saturated heterocycles. The van der Waals surface area contributed by atoms with Gasteiger partial charge in [-0.25, -0.2) is 0 Å². The van der Waals surface area contributed by atoms with Gasteiger partial charge < -0.3 is 5.11 Å². The highest BCUT2D eigenvalue weighted by atomic mass is 79.9. The van der Waals surface area contributed by atoms with Gasteiger partial charge >= 0.3 is 0 Å². The van der Waals surface area contributed by atoms with E-state index in [0.717, 1.165) is 0 Å². The Hall–Kier alpha value is -0.570. The van der Waals surface area contributed by atoms with Crippen LogP contribution in [0.25, 0.3) is 0 Å². The standard InChI is InChI=1S/C6H5BrO2/c1-3-2-4(7)6(9)5(3)8/h9H,1-2H2. The van der Waals surface area contributed by atoms with Gasteiger partial charge in [0.1, 0.15) is 0 Å². The van der Waals surface area contributed by atoms with Gasteiger partial charge in [-0.05, 0) is 0 Å². The molecule has 1 aliphatic rings. The molecule has 1 aliphatic carbocycles. The van der Waals surface area contributed by atoms with Crippen molar-refractivity contribution in [2.75, 3.05) is 0 Å². The molecule has 0 saturated carbocycles. The van der Waals surface area contributed by atoms with Crippen molar-refractivity contribution in [3.8, 4) is 0 Å². The molecule has 0 aromatic rings. The zero-order valence-electron chi connectivity index (χ0n) is 4.65. The summed E-state index contributed by atoms with van der Waals surface area (Å²) < 4.78 is 0.539. The minimum atomic E-state index is -0.345. The summed E-state index contributed by atoms with van der Waals surface area (Å²) in [6.45, 7) is 3.45. The number of hydrogen-bond donors (Lipinski definition) is 1. The maximum atomic E-state index is 10.7. The Morgan fingerprint density at radius 1 is 1.67 bits per heavy atom. The zero-order valence-corrected chi connectivity index (χ0v) is 6.23. The largest absolute Gasteiger partial charge is 0.504 e. The average Bonchev–Trinajstić information content (AvgIpc) is 1.98. The number of carbonyl (C=O) groups is 1. The van der Waals surface area contributed by atoms with Crippen LogP contribution in [0.1, 0.15) is 6.42 Å². The Labute approximate surface area is 61.0 Å². The fraction of sp³-hybridized carbons (Fsp3) is 0.167. The summed E-state index contributed by atoms with van der Waals surface area (Å²) in [6.07, 6.45) is 0.449. The Kier molecular flexibility index (Phi) is 1.45. The van der Waals surface area contributed by atoms with Crippen LogP contribution in [-0.2, 0) is 4.79 Å². The monoisotopic (exact) mass is 188 g/mol. The Bertz CT molecular complexity index is 212. The summed E-state index contributed by atoms with van der Waals surface area (Å²) in [5.41, 5.74) is 0.444. The molecule has 0 unspecified atom stereocenters. The van der Waals surface area contributed by atoms with E-state index in [1.807, 2.05) is 0 Å². The molecule has 0 aliphatic heterocycles. The summed E-state index contributed by atoms with van der Waals surface area (Å²) in [7, 11) is 0. The molecule has 0 heterocycles.